The molecule has 4 rings (SSSR count). The number of carbonyl (C=O) groups excluding carboxylic acids is 1. The summed E-state index contributed by atoms with van der Waals surface area (Å²) in [4.78, 5) is 28.6. The summed E-state index contributed by atoms with van der Waals surface area (Å²) in [5, 5.41) is 4.60. The van der Waals surface area contributed by atoms with Crippen molar-refractivity contribution in [2.75, 3.05) is 19.1 Å². The van der Waals surface area contributed by atoms with E-state index in [1.54, 1.807) is 24.4 Å². The van der Waals surface area contributed by atoms with Crippen molar-refractivity contribution >= 4 is 22.5 Å². The molecule has 0 radical (unpaired) electrons. The van der Waals surface area contributed by atoms with Crippen LogP contribution in [0, 0.1) is 5.82 Å². The molecule has 0 fully saturated rings. The van der Waals surface area contributed by atoms with E-state index in [-0.39, 0.29) is 17.8 Å². The lowest BCUT2D eigenvalue weighted by molar-refractivity contribution is -0.120. The first-order chi connectivity index (χ1) is 13.1. The fourth-order valence-corrected chi connectivity index (χ4v) is 2.84. The molecule has 3 aromatic heterocycles. The number of hydrogen-bond donors (Lipinski definition) is 1. The van der Waals surface area contributed by atoms with Crippen LogP contribution < -0.4 is 11.0 Å². The Labute approximate surface area is 151 Å². The molecule has 8 nitrogen and oxygen atoms in total. The Morgan fingerprint density at radius 2 is 2.00 bits per heavy atom. The van der Waals surface area contributed by atoms with Gasteiger partial charge in [0.05, 0.1) is 17.1 Å². The Bertz CT molecular complexity index is 1210. The van der Waals surface area contributed by atoms with E-state index in [4.69, 9.17) is 4.74 Å². The normalized spacial score (nSPS) is 11.2. The fraction of sp³-hybridized carbons (Fsp3) is 0.111. The number of halogens is 1. The molecule has 136 valence electrons. The van der Waals surface area contributed by atoms with Gasteiger partial charge in [-0.1, -0.05) is 12.1 Å². The van der Waals surface area contributed by atoms with E-state index in [1.165, 1.54) is 36.2 Å². The molecule has 0 bridgehead atoms. The van der Waals surface area contributed by atoms with Gasteiger partial charge in [0, 0.05) is 25.1 Å². The van der Waals surface area contributed by atoms with E-state index in [9.17, 15) is 14.0 Å². The van der Waals surface area contributed by atoms with Crippen LogP contribution in [0.15, 0.2) is 53.7 Å². The monoisotopic (exact) mass is 367 g/mol. The number of benzene rings is 1. The molecule has 0 aliphatic rings. The minimum absolute atomic E-state index is 0.165. The number of pyridine rings is 1. The molecule has 1 aromatic carbocycles. The maximum Gasteiger partial charge on any atom is 0.280 e. The fourth-order valence-electron chi connectivity index (χ4n) is 2.84. The Kier molecular flexibility index (Phi) is 4.13. The zero-order valence-corrected chi connectivity index (χ0v) is 14.2. The van der Waals surface area contributed by atoms with Crippen molar-refractivity contribution in [2.45, 2.75) is 0 Å². The van der Waals surface area contributed by atoms with E-state index in [0.29, 0.717) is 11.2 Å². The number of rotatable bonds is 4. The van der Waals surface area contributed by atoms with Gasteiger partial charge in [0.1, 0.15) is 12.4 Å². The van der Waals surface area contributed by atoms with Crippen LogP contribution in [0.25, 0.3) is 27.7 Å². The Morgan fingerprint density at radius 1 is 1.22 bits per heavy atom. The zero-order valence-electron chi connectivity index (χ0n) is 14.2. The molecular formula is C18H14FN5O3. The van der Waals surface area contributed by atoms with Gasteiger partial charge in [-0.2, -0.15) is 5.10 Å². The molecule has 0 saturated carbocycles. The van der Waals surface area contributed by atoms with Gasteiger partial charge >= 0.3 is 0 Å². The van der Waals surface area contributed by atoms with Crippen molar-refractivity contribution in [1.29, 1.82) is 0 Å². The molecule has 3 heterocycles. The average Bonchev–Trinajstić information content (AvgIpc) is 3.09. The van der Waals surface area contributed by atoms with Gasteiger partial charge in [-0.3, -0.25) is 15.0 Å². The van der Waals surface area contributed by atoms with Crippen LogP contribution in [-0.2, 0) is 9.53 Å². The number of hydrogen-bond acceptors (Lipinski definition) is 5. The average molecular weight is 367 g/mol. The highest BCUT2D eigenvalue weighted by atomic mass is 19.1. The SMILES string of the molecule is COCC(=O)Nn1ccc2c(cnc3c(-c4ccc(F)cc4)cnn32)c1=O. The van der Waals surface area contributed by atoms with E-state index >= 15 is 0 Å². The number of nitrogens with zero attached hydrogens (tertiary/aromatic N) is 4. The highest BCUT2D eigenvalue weighted by molar-refractivity contribution is 5.87. The van der Waals surface area contributed by atoms with Gasteiger partial charge < -0.3 is 4.74 Å². The van der Waals surface area contributed by atoms with E-state index in [2.05, 4.69) is 15.5 Å². The van der Waals surface area contributed by atoms with Crippen LogP contribution in [0.3, 0.4) is 0 Å². The number of carbonyl (C=O) groups is 1. The Hall–Kier alpha value is -3.59. The smallest absolute Gasteiger partial charge is 0.280 e. The number of fused-ring (bicyclic) bond motifs is 3. The maximum atomic E-state index is 13.2. The lowest BCUT2D eigenvalue weighted by Crippen LogP contribution is -2.34. The van der Waals surface area contributed by atoms with Crippen LogP contribution in [0.1, 0.15) is 0 Å². The third-order valence-electron chi connectivity index (χ3n) is 4.07. The Balaban J connectivity index is 1.83. The molecule has 1 amide bonds. The molecular weight excluding hydrogens is 353 g/mol. The summed E-state index contributed by atoms with van der Waals surface area (Å²) in [5.41, 5.74) is 4.55. The highest BCUT2D eigenvalue weighted by Gasteiger charge is 2.13. The minimum atomic E-state index is -0.453. The number of nitrogens with one attached hydrogen (secondary N) is 1. The second kappa shape index (κ2) is 6.61. The van der Waals surface area contributed by atoms with Crippen molar-refractivity contribution in [3.63, 3.8) is 0 Å². The lowest BCUT2D eigenvalue weighted by Gasteiger charge is -2.09. The van der Waals surface area contributed by atoms with Crippen molar-refractivity contribution in [1.82, 2.24) is 19.3 Å². The molecule has 0 unspecified atom stereocenters. The first-order valence-electron chi connectivity index (χ1n) is 8.01. The van der Waals surface area contributed by atoms with Gasteiger partial charge in [0.25, 0.3) is 11.5 Å². The molecule has 4 aromatic rings. The second-order valence-electron chi connectivity index (χ2n) is 5.82. The number of amides is 1. The van der Waals surface area contributed by atoms with Crippen LogP contribution in [0.2, 0.25) is 0 Å². The van der Waals surface area contributed by atoms with E-state index in [0.717, 1.165) is 15.8 Å². The molecule has 9 heteroatoms. The van der Waals surface area contributed by atoms with Crippen LogP contribution in [0.5, 0.6) is 0 Å². The van der Waals surface area contributed by atoms with E-state index < -0.39 is 11.5 Å². The van der Waals surface area contributed by atoms with Crippen LogP contribution in [0.4, 0.5) is 4.39 Å². The third kappa shape index (κ3) is 2.93. The number of aromatic nitrogens is 4. The first-order valence-corrected chi connectivity index (χ1v) is 8.01. The van der Waals surface area contributed by atoms with Gasteiger partial charge in [-0.15, -0.1) is 0 Å². The zero-order chi connectivity index (χ0) is 19.0. The third-order valence-corrected chi connectivity index (χ3v) is 4.07. The molecule has 0 aliphatic heterocycles. The number of ether oxygens (including phenoxy) is 1. The van der Waals surface area contributed by atoms with Crippen molar-refractivity contribution in [2.24, 2.45) is 0 Å². The summed E-state index contributed by atoms with van der Waals surface area (Å²) in [6, 6.07) is 7.66. The molecule has 0 spiro atoms. The van der Waals surface area contributed by atoms with Gasteiger partial charge in [0.2, 0.25) is 0 Å². The van der Waals surface area contributed by atoms with Gasteiger partial charge in [-0.05, 0) is 23.8 Å². The molecule has 27 heavy (non-hydrogen) atoms. The van der Waals surface area contributed by atoms with Crippen molar-refractivity contribution in [3.8, 4) is 11.1 Å². The van der Waals surface area contributed by atoms with E-state index in [1.807, 2.05) is 0 Å². The summed E-state index contributed by atoms with van der Waals surface area (Å²) in [6.07, 6.45) is 4.48. The number of methoxy groups -OCH3 is 1. The summed E-state index contributed by atoms with van der Waals surface area (Å²) in [6.45, 7) is -0.165. The van der Waals surface area contributed by atoms with Crippen LogP contribution in [-0.4, -0.2) is 38.9 Å². The van der Waals surface area contributed by atoms with Crippen molar-refractivity contribution in [3.05, 3.63) is 65.1 Å². The predicted molar refractivity (Wildman–Crippen MR) is 96.4 cm³/mol. The quantitative estimate of drug-likeness (QED) is 0.591. The minimum Gasteiger partial charge on any atom is -0.375 e. The summed E-state index contributed by atoms with van der Waals surface area (Å²) < 4.78 is 20.5. The lowest BCUT2D eigenvalue weighted by atomic mass is 10.1. The van der Waals surface area contributed by atoms with Crippen LogP contribution >= 0.6 is 0 Å². The second-order valence-corrected chi connectivity index (χ2v) is 5.82. The summed E-state index contributed by atoms with van der Waals surface area (Å²) in [7, 11) is 1.39. The summed E-state index contributed by atoms with van der Waals surface area (Å²) >= 11 is 0. The largest absolute Gasteiger partial charge is 0.375 e. The van der Waals surface area contributed by atoms with Gasteiger partial charge in [0.15, 0.2) is 5.65 Å². The first kappa shape index (κ1) is 16.9. The summed E-state index contributed by atoms with van der Waals surface area (Å²) in [5.74, 6) is -0.782. The topological polar surface area (TPSA) is 90.5 Å². The maximum absolute atomic E-state index is 13.2. The molecule has 1 N–H and O–H groups in total. The van der Waals surface area contributed by atoms with Gasteiger partial charge in [-0.25, -0.2) is 18.6 Å². The molecule has 0 atom stereocenters. The Morgan fingerprint density at radius 3 is 2.74 bits per heavy atom. The molecule has 0 saturated heterocycles. The highest BCUT2D eigenvalue weighted by Crippen LogP contribution is 2.25. The molecule has 0 aliphatic carbocycles. The standard InChI is InChI=1S/C18H14FN5O3/c1-27-10-16(25)22-23-7-6-15-14(18(23)26)8-20-17-13(9-21-24(15)17)11-2-4-12(19)5-3-11/h2-9H,10H2,1H3,(H,22,25). The van der Waals surface area contributed by atoms with Crippen molar-refractivity contribution < 1.29 is 13.9 Å². The predicted octanol–water partition coefficient (Wildman–Crippen LogP) is 1.57.